The van der Waals surface area contributed by atoms with Crippen LogP contribution in [0, 0.1) is 5.92 Å². The second-order valence-corrected chi connectivity index (χ2v) is 9.22. The quantitative estimate of drug-likeness (QED) is 0.850. The number of hydrogen-bond donors (Lipinski definition) is 1. The first kappa shape index (κ1) is 14.7. The van der Waals surface area contributed by atoms with E-state index in [0.29, 0.717) is 28.7 Å². The number of rotatable bonds is 2. The van der Waals surface area contributed by atoms with Gasteiger partial charge in [0.05, 0.1) is 0 Å². The number of amides is 1. The van der Waals surface area contributed by atoms with Gasteiger partial charge in [0.25, 0.3) is 0 Å². The van der Waals surface area contributed by atoms with Crippen LogP contribution >= 0.6 is 11.8 Å². The molecule has 0 aliphatic carbocycles. The lowest BCUT2D eigenvalue weighted by molar-refractivity contribution is -0.132. The second kappa shape index (κ2) is 5.88. The Balaban J connectivity index is 1.51. The van der Waals surface area contributed by atoms with Crippen molar-refractivity contribution in [1.29, 1.82) is 0 Å². The van der Waals surface area contributed by atoms with Crippen LogP contribution in [0.25, 0.3) is 0 Å². The summed E-state index contributed by atoms with van der Waals surface area (Å²) in [7, 11) is 0. The van der Waals surface area contributed by atoms with E-state index in [2.05, 4.69) is 24.1 Å². The predicted molar refractivity (Wildman–Crippen MR) is 85.0 cm³/mol. The second-order valence-electron chi connectivity index (χ2n) is 7.42. The molecule has 0 saturated carbocycles. The third-order valence-corrected chi connectivity index (χ3v) is 6.60. The van der Waals surface area contributed by atoms with Crippen LogP contribution in [0.1, 0.15) is 52.4 Å². The first-order valence-electron chi connectivity index (χ1n) is 8.20. The largest absolute Gasteiger partial charge is 0.342 e. The summed E-state index contributed by atoms with van der Waals surface area (Å²) in [5, 5.41) is 3.67. The Morgan fingerprint density at radius 2 is 1.95 bits per heavy atom. The zero-order valence-corrected chi connectivity index (χ0v) is 13.7. The number of nitrogens with one attached hydrogen (secondary N) is 1. The van der Waals surface area contributed by atoms with Crippen molar-refractivity contribution in [2.24, 2.45) is 5.92 Å². The lowest BCUT2D eigenvalue weighted by atomic mass is 9.89. The van der Waals surface area contributed by atoms with Crippen molar-refractivity contribution in [2.45, 2.75) is 69.2 Å². The highest BCUT2D eigenvalue weighted by Gasteiger charge is 2.35. The Labute approximate surface area is 127 Å². The Kier molecular flexibility index (Phi) is 4.32. The minimum Gasteiger partial charge on any atom is -0.342 e. The molecule has 114 valence electrons. The average Bonchev–Trinajstić information content (AvgIpc) is 2.61. The first-order chi connectivity index (χ1) is 9.52. The molecule has 0 aromatic rings. The number of piperidine rings is 1. The van der Waals surface area contributed by atoms with Crippen LogP contribution in [0.4, 0.5) is 0 Å². The van der Waals surface area contributed by atoms with E-state index in [4.69, 9.17) is 0 Å². The van der Waals surface area contributed by atoms with Gasteiger partial charge < -0.3 is 10.2 Å². The highest BCUT2D eigenvalue weighted by molar-refractivity contribution is 8.00. The van der Waals surface area contributed by atoms with Crippen molar-refractivity contribution in [3.8, 4) is 0 Å². The number of fused-ring (bicyclic) bond motifs is 2. The third-order valence-electron chi connectivity index (χ3n) is 5.22. The molecule has 0 spiro atoms. The Hall–Kier alpha value is -0.220. The van der Waals surface area contributed by atoms with E-state index in [9.17, 15) is 4.79 Å². The molecule has 3 aliphatic rings. The number of thioether (sulfide) groups is 1. The van der Waals surface area contributed by atoms with Gasteiger partial charge in [-0.05, 0) is 38.0 Å². The van der Waals surface area contributed by atoms with Gasteiger partial charge in [-0.3, -0.25) is 4.79 Å². The highest BCUT2D eigenvalue weighted by atomic mass is 32.2. The van der Waals surface area contributed by atoms with Crippen LogP contribution in [0.2, 0.25) is 0 Å². The van der Waals surface area contributed by atoms with E-state index in [1.807, 2.05) is 11.8 Å². The molecule has 0 radical (unpaired) electrons. The fourth-order valence-electron chi connectivity index (χ4n) is 3.99. The molecule has 2 bridgehead atoms. The maximum absolute atomic E-state index is 12.6. The normalized spacial score (nSPS) is 36.7. The predicted octanol–water partition coefficient (Wildman–Crippen LogP) is 2.65. The lowest BCUT2D eigenvalue weighted by Crippen LogP contribution is -2.41. The SMILES string of the molecule is CC1(C)CCN(C(=O)CC2CC3CCC(C2)N3)CCS1. The van der Waals surface area contributed by atoms with Gasteiger partial charge >= 0.3 is 0 Å². The Morgan fingerprint density at radius 3 is 2.65 bits per heavy atom. The molecule has 4 heteroatoms. The van der Waals surface area contributed by atoms with Crippen molar-refractivity contribution >= 4 is 17.7 Å². The van der Waals surface area contributed by atoms with Crippen LogP contribution in [0.15, 0.2) is 0 Å². The monoisotopic (exact) mass is 296 g/mol. The van der Waals surface area contributed by atoms with Crippen molar-refractivity contribution in [3.05, 3.63) is 0 Å². The standard InChI is InChI=1S/C16H28N2OS/c1-16(2)5-6-18(7-8-20-16)15(19)11-12-9-13-3-4-14(10-12)17-13/h12-14,17H,3-11H2,1-2H3. The molecule has 3 nitrogen and oxygen atoms in total. The molecule has 2 atom stereocenters. The van der Waals surface area contributed by atoms with Crippen LogP contribution in [0.3, 0.4) is 0 Å². The lowest BCUT2D eigenvalue weighted by Gasteiger charge is -2.30. The molecule has 0 aromatic carbocycles. The van der Waals surface area contributed by atoms with E-state index in [1.54, 1.807) is 0 Å². The highest BCUT2D eigenvalue weighted by Crippen LogP contribution is 2.34. The van der Waals surface area contributed by atoms with Gasteiger partial charge in [0, 0.05) is 42.1 Å². The zero-order valence-electron chi connectivity index (χ0n) is 12.9. The summed E-state index contributed by atoms with van der Waals surface area (Å²) >= 11 is 2.02. The average molecular weight is 296 g/mol. The summed E-state index contributed by atoms with van der Waals surface area (Å²) < 4.78 is 0.336. The van der Waals surface area contributed by atoms with Gasteiger partial charge in [-0.15, -0.1) is 0 Å². The van der Waals surface area contributed by atoms with Crippen molar-refractivity contribution < 1.29 is 4.79 Å². The number of nitrogens with zero attached hydrogens (tertiary/aromatic N) is 1. The topological polar surface area (TPSA) is 32.3 Å². The van der Waals surface area contributed by atoms with E-state index < -0.39 is 0 Å². The molecule has 3 saturated heterocycles. The Morgan fingerprint density at radius 1 is 1.25 bits per heavy atom. The molecule has 2 unspecified atom stereocenters. The summed E-state index contributed by atoms with van der Waals surface area (Å²) in [6.45, 7) is 6.51. The van der Waals surface area contributed by atoms with Gasteiger partial charge in [0.2, 0.25) is 5.91 Å². The molecule has 1 amide bonds. The summed E-state index contributed by atoms with van der Waals surface area (Å²) in [4.78, 5) is 14.7. The van der Waals surface area contributed by atoms with E-state index in [-0.39, 0.29) is 0 Å². The summed E-state index contributed by atoms with van der Waals surface area (Å²) in [5.41, 5.74) is 0. The molecule has 3 heterocycles. The number of hydrogen-bond acceptors (Lipinski definition) is 3. The molecule has 1 N–H and O–H groups in total. The zero-order chi connectivity index (χ0) is 14.2. The molecule has 0 aromatic heterocycles. The molecule has 3 fully saturated rings. The minimum absolute atomic E-state index is 0.336. The fourth-order valence-corrected chi connectivity index (χ4v) is 5.09. The molecule has 20 heavy (non-hydrogen) atoms. The fraction of sp³-hybridized carbons (Fsp3) is 0.938. The number of carbonyl (C=O) groups is 1. The van der Waals surface area contributed by atoms with E-state index >= 15 is 0 Å². The third kappa shape index (κ3) is 3.51. The van der Waals surface area contributed by atoms with Gasteiger partial charge in [0.1, 0.15) is 0 Å². The van der Waals surface area contributed by atoms with Crippen LogP contribution in [-0.2, 0) is 4.79 Å². The Bertz CT molecular complexity index is 359. The summed E-state index contributed by atoms with van der Waals surface area (Å²) in [6.07, 6.45) is 7.00. The summed E-state index contributed by atoms with van der Waals surface area (Å²) in [6, 6.07) is 1.40. The van der Waals surface area contributed by atoms with Gasteiger partial charge in [-0.25, -0.2) is 0 Å². The maximum Gasteiger partial charge on any atom is 0.222 e. The van der Waals surface area contributed by atoms with Crippen molar-refractivity contribution in [2.75, 3.05) is 18.8 Å². The maximum atomic E-state index is 12.6. The summed E-state index contributed by atoms with van der Waals surface area (Å²) in [5.74, 6) is 2.13. The van der Waals surface area contributed by atoms with Crippen molar-refractivity contribution in [1.82, 2.24) is 10.2 Å². The van der Waals surface area contributed by atoms with Crippen LogP contribution in [0.5, 0.6) is 0 Å². The van der Waals surface area contributed by atoms with Crippen LogP contribution in [-0.4, -0.2) is 46.5 Å². The van der Waals surface area contributed by atoms with E-state index in [1.165, 1.54) is 25.7 Å². The molecular weight excluding hydrogens is 268 g/mol. The van der Waals surface area contributed by atoms with Gasteiger partial charge in [0.15, 0.2) is 0 Å². The minimum atomic E-state index is 0.336. The molecule has 3 aliphatic heterocycles. The van der Waals surface area contributed by atoms with Crippen molar-refractivity contribution in [3.63, 3.8) is 0 Å². The van der Waals surface area contributed by atoms with Gasteiger partial charge in [-0.2, -0.15) is 11.8 Å². The molecular formula is C16H28N2OS. The number of carbonyl (C=O) groups excluding carboxylic acids is 1. The smallest absolute Gasteiger partial charge is 0.222 e. The van der Waals surface area contributed by atoms with E-state index in [0.717, 1.165) is 31.7 Å². The van der Waals surface area contributed by atoms with Gasteiger partial charge in [-0.1, -0.05) is 13.8 Å². The molecule has 3 rings (SSSR count). The van der Waals surface area contributed by atoms with Crippen LogP contribution < -0.4 is 5.32 Å². The first-order valence-corrected chi connectivity index (χ1v) is 9.18.